The summed E-state index contributed by atoms with van der Waals surface area (Å²) in [5.41, 5.74) is 4.89. The van der Waals surface area contributed by atoms with Crippen molar-refractivity contribution >= 4 is 11.8 Å². The summed E-state index contributed by atoms with van der Waals surface area (Å²) >= 11 is 0. The van der Waals surface area contributed by atoms with Crippen molar-refractivity contribution in [2.45, 2.75) is 6.54 Å². The van der Waals surface area contributed by atoms with Crippen molar-refractivity contribution in [1.82, 2.24) is 0 Å². The zero-order valence-corrected chi connectivity index (χ0v) is 7.01. The second kappa shape index (κ2) is 4.12. The Morgan fingerprint density at radius 2 is 2.43 bits per heavy atom. The van der Waals surface area contributed by atoms with Gasteiger partial charge in [-0.2, -0.15) is 5.11 Å². The zero-order valence-electron chi connectivity index (χ0n) is 7.01. The van der Waals surface area contributed by atoms with Gasteiger partial charge in [-0.1, -0.05) is 0 Å². The lowest BCUT2D eigenvalue weighted by Crippen LogP contribution is -2.03. The SMILES string of the molecule is N=C(N)N=NCc1ccc([N+](=O)[O-])o1. The fourth-order valence-electron chi connectivity index (χ4n) is 0.731. The molecule has 0 saturated carbocycles. The summed E-state index contributed by atoms with van der Waals surface area (Å²) in [6, 6.07) is 2.63. The Morgan fingerprint density at radius 1 is 1.71 bits per heavy atom. The maximum Gasteiger partial charge on any atom is 0.433 e. The summed E-state index contributed by atoms with van der Waals surface area (Å²) in [5.74, 6) is -0.481. The van der Waals surface area contributed by atoms with Gasteiger partial charge in [-0.25, -0.2) is 0 Å². The highest BCUT2D eigenvalue weighted by Crippen LogP contribution is 2.15. The topological polar surface area (TPSA) is 131 Å². The van der Waals surface area contributed by atoms with E-state index >= 15 is 0 Å². The van der Waals surface area contributed by atoms with E-state index in [2.05, 4.69) is 10.2 Å². The second-order valence-electron chi connectivity index (χ2n) is 2.28. The van der Waals surface area contributed by atoms with Gasteiger partial charge >= 0.3 is 5.88 Å². The van der Waals surface area contributed by atoms with Crippen LogP contribution in [0.4, 0.5) is 5.88 Å². The van der Waals surface area contributed by atoms with Crippen molar-refractivity contribution in [3.05, 3.63) is 28.0 Å². The van der Waals surface area contributed by atoms with Crippen molar-refractivity contribution in [3.63, 3.8) is 0 Å². The molecule has 0 aliphatic heterocycles. The number of nitrogens with two attached hydrogens (primary N) is 1. The molecule has 0 bridgehead atoms. The number of nitrogens with zero attached hydrogens (tertiary/aromatic N) is 3. The molecule has 74 valence electrons. The number of hydrogen-bond donors (Lipinski definition) is 2. The molecule has 0 aliphatic carbocycles. The number of hydrogen-bond acceptors (Lipinski definition) is 5. The van der Waals surface area contributed by atoms with Gasteiger partial charge in [0.15, 0.2) is 0 Å². The summed E-state index contributed by atoms with van der Waals surface area (Å²) in [5, 5.41) is 23.6. The third-order valence-corrected chi connectivity index (χ3v) is 1.23. The van der Waals surface area contributed by atoms with Crippen molar-refractivity contribution in [1.29, 1.82) is 5.41 Å². The molecular formula is C6H7N5O3. The van der Waals surface area contributed by atoms with E-state index in [1.807, 2.05) is 0 Å². The summed E-state index contributed by atoms with van der Waals surface area (Å²) in [6.07, 6.45) is 0. The number of azo groups is 1. The average Bonchev–Trinajstić information content (AvgIpc) is 2.52. The molecule has 0 radical (unpaired) electrons. The number of furan rings is 1. The molecule has 1 aromatic rings. The lowest BCUT2D eigenvalue weighted by atomic mass is 10.5. The van der Waals surface area contributed by atoms with E-state index in [-0.39, 0.29) is 12.4 Å². The Labute approximate surface area is 78.1 Å². The van der Waals surface area contributed by atoms with Gasteiger partial charge in [0.05, 0.1) is 6.07 Å². The van der Waals surface area contributed by atoms with Gasteiger partial charge in [0.25, 0.3) is 0 Å². The fraction of sp³-hybridized carbons (Fsp3) is 0.167. The molecule has 14 heavy (non-hydrogen) atoms. The van der Waals surface area contributed by atoms with Crippen LogP contribution in [0.25, 0.3) is 0 Å². The van der Waals surface area contributed by atoms with Crippen LogP contribution < -0.4 is 5.73 Å². The summed E-state index contributed by atoms with van der Waals surface area (Å²) in [7, 11) is 0. The number of nitro groups is 1. The zero-order chi connectivity index (χ0) is 10.6. The quantitative estimate of drug-likeness (QED) is 0.246. The van der Waals surface area contributed by atoms with Crippen LogP contribution in [0.3, 0.4) is 0 Å². The van der Waals surface area contributed by atoms with Crippen molar-refractivity contribution in [2.75, 3.05) is 0 Å². The number of nitrogens with one attached hydrogen (secondary N) is 1. The molecule has 0 fully saturated rings. The third-order valence-electron chi connectivity index (χ3n) is 1.23. The molecule has 0 amide bonds. The Bertz CT molecular complexity index is 383. The standard InChI is InChI=1S/C6H7N5O3/c7-6(8)10-9-3-4-1-2-5(14-4)11(12)13/h1-2H,3H2,(H3,7,8). The van der Waals surface area contributed by atoms with Crippen LogP contribution in [-0.4, -0.2) is 10.9 Å². The molecule has 3 N–H and O–H groups in total. The van der Waals surface area contributed by atoms with Gasteiger partial charge < -0.3 is 10.2 Å². The lowest BCUT2D eigenvalue weighted by Gasteiger charge is -1.86. The van der Waals surface area contributed by atoms with E-state index in [0.29, 0.717) is 5.76 Å². The molecule has 0 aliphatic rings. The first-order valence-corrected chi connectivity index (χ1v) is 3.54. The van der Waals surface area contributed by atoms with Gasteiger partial charge in [-0.05, 0) is 6.07 Å². The highest BCUT2D eigenvalue weighted by atomic mass is 16.6. The molecule has 8 nitrogen and oxygen atoms in total. The molecule has 0 saturated heterocycles. The van der Waals surface area contributed by atoms with Crippen LogP contribution in [-0.2, 0) is 6.54 Å². The highest BCUT2D eigenvalue weighted by Gasteiger charge is 2.10. The number of guanidine groups is 1. The van der Waals surface area contributed by atoms with Gasteiger partial charge in [0.1, 0.15) is 17.2 Å². The first kappa shape index (κ1) is 9.84. The summed E-state index contributed by atoms with van der Waals surface area (Å²) < 4.78 is 4.76. The summed E-state index contributed by atoms with van der Waals surface area (Å²) in [6.45, 7) is 0.0212. The minimum absolute atomic E-state index is 0.0212. The molecule has 1 aromatic heterocycles. The molecular weight excluding hydrogens is 190 g/mol. The predicted molar refractivity (Wildman–Crippen MR) is 45.8 cm³/mol. The van der Waals surface area contributed by atoms with Gasteiger partial charge in [-0.15, -0.1) is 5.11 Å². The van der Waals surface area contributed by atoms with Gasteiger partial charge in [0, 0.05) is 0 Å². The monoisotopic (exact) mass is 197 g/mol. The highest BCUT2D eigenvalue weighted by molar-refractivity contribution is 5.74. The lowest BCUT2D eigenvalue weighted by molar-refractivity contribution is -0.402. The van der Waals surface area contributed by atoms with Crippen LogP contribution in [0.1, 0.15) is 5.76 Å². The van der Waals surface area contributed by atoms with Crippen molar-refractivity contribution in [3.8, 4) is 0 Å². The largest absolute Gasteiger partial charge is 0.433 e. The molecule has 1 rings (SSSR count). The Kier molecular flexibility index (Phi) is 2.89. The van der Waals surface area contributed by atoms with Crippen LogP contribution in [0.2, 0.25) is 0 Å². The van der Waals surface area contributed by atoms with Gasteiger partial charge in [-0.3, -0.25) is 15.5 Å². The van der Waals surface area contributed by atoms with Crippen molar-refractivity contribution in [2.24, 2.45) is 16.0 Å². The van der Waals surface area contributed by atoms with E-state index in [1.54, 1.807) is 0 Å². The molecule has 8 heteroatoms. The minimum atomic E-state index is -0.647. The fourth-order valence-corrected chi connectivity index (χ4v) is 0.731. The number of rotatable bonds is 3. The maximum atomic E-state index is 10.2. The Morgan fingerprint density at radius 3 is 2.93 bits per heavy atom. The predicted octanol–water partition coefficient (Wildman–Crippen LogP) is 1.03. The Hall–Kier alpha value is -2.25. The molecule has 0 atom stereocenters. The average molecular weight is 197 g/mol. The summed E-state index contributed by atoms with van der Waals surface area (Å²) in [4.78, 5) is 9.55. The Balaban J connectivity index is 2.60. The van der Waals surface area contributed by atoms with E-state index in [0.717, 1.165) is 0 Å². The first-order valence-electron chi connectivity index (χ1n) is 3.54. The maximum absolute atomic E-state index is 10.2. The van der Waals surface area contributed by atoms with Crippen molar-refractivity contribution < 1.29 is 9.34 Å². The smallest absolute Gasteiger partial charge is 0.404 e. The molecule has 0 aromatic carbocycles. The van der Waals surface area contributed by atoms with Crippen LogP contribution in [0.5, 0.6) is 0 Å². The molecule has 1 heterocycles. The van der Waals surface area contributed by atoms with Crippen LogP contribution in [0, 0.1) is 15.5 Å². The second-order valence-corrected chi connectivity index (χ2v) is 2.28. The van der Waals surface area contributed by atoms with E-state index in [1.165, 1.54) is 12.1 Å². The normalized spacial score (nSPS) is 10.6. The first-order chi connectivity index (χ1) is 6.59. The van der Waals surface area contributed by atoms with E-state index in [4.69, 9.17) is 15.6 Å². The van der Waals surface area contributed by atoms with Crippen LogP contribution >= 0.6 is 0 Å². The van der Waals surface area contributed by atoms with Crippen LogP contribution in [0.15, 0.2) is 26.8 Å². The minimum Gasteiger partial charge on any atom is -0.404 e. The third kappa shape index (κ3) is 2.66. The molecule has 0 unspecified atom stereocenters. The van der Waals surface area contributed by atoms with E-state index in [9.17, 15) is 10.1 Å². The van der Waals surface area contributed by atoms with E-state index < -0.39 is 10.9 Å². The van der Waals surface area contributed by atoms with Gasteiger partial charge in [0.2, 0.25) is 5.96 Å². The molecule has 0 spiro atoms.